The summed E-state index contributed by atoms with van der Waals surface area (Å²) in [6.45, 7) is 4.42. The van der Waals surface area contributed by atoms with Crippen LogP contribution in [0.25, 0.3) is 0 Å². The van der Waals surface area contributed by atoms with E-state index >= 15 is 0 Å². The van der Waals surface area contributed by atoms with Gasteiger partial charge in [-0.05, 0) is 48.6 Å². The van der Waals surface area contributed by atoms with Crippen molar-refractivity contribution in [2.24, 2.45) is 0 Å². The van der Waals surface area contributed by atoms with Gasteiger partial charge in [0.2, 0.25) is 0 Å². The fourth-order valence-corrected chi connectivity index (χ4v) is 4.70. The van der Waals surface area contributed by atoms with Gasteiger partial charge in [-0.2, -0.15) is 18.4 Å². The number of benzene rings is 2. The van der Waals surface area contributed by atoms with E-state index in [1.165, 1.54) is 12.1 Å². The number of aromatic nitrogens is 2. The topological polar surface area (TPSA) is 63.4 Å². The number of hydrogen-bond donors (Lipinski definition) is 1. The molecule has 1 aliphatic rings. The van der Waals surface area contributed by atoms with Gasteiger partial charge in [-0.15, -0.1) is 0 Å². The van der Waals surface area contributed by atoms with Crippen LogP contribution in [0.5, 0.6) is 0 Å². The average molecular weight is 542 g/mol. The normalized spacial score (nSPS) is 14.7. The highest BCUT2D eigenvalue weighted by Crippen LogP contribution is 2.31. The van der Waals surface area contributed by atoms with Crippen molar-refractivity contribution in [2.75, 3.05) is 39.8 Å². The Morgan fingerprint density at radius 2 is 1.82 bits per heavy atom. The number of alkyl halides is 3. The second kappa shape index (κ2) is 12.4. The Morgan fingerprint density at radius 1 is 1.11 bits per heavy atom. The Bertz CT molecular complexity index is 1260. The van der Waals surface area contributed by atoms with Crippen LogP contribution in [0.2, 0.25) is 0 Å². The molecule has 0 aliphatic carbocycles. The van der Waals surface area contributed by atoms with Gasteiger partial charge in [-0.1, -0.05) is 30.3 Å². The second-order valence-electron chi connectivity index (χ2n) is 9.27. The summed E-state index contributed by atoms with van der Waals surface area (Å²) in [5, 5.41) is 16.6. The van der Waals surface area contributed by atoms with E-state index in [-0.39, 0.29) is 12.1 Å². The minimum Gasteiger partial charge on any atom is -0.357 e. The number of rotatable bonds is 8. The lowest BCUT2D eigenvalue weighted by Gasteiger charge is -2.41. The van der Waals surface area contributed by atoms with Crippen LogP contribution in [-0.4, -0.2) is 69.4 Å². The van der Waals surface area contributed by atoms with Gasteiger partial charge in [0.15, 0.2) is 5.11 Å². The van der Waals surface area contributed by atoms with Crippen LogP contribution in [0.15, 0.2) is 61.1 Å². The van der Waals surface area contributed by atoms with Gasteiger partial charge in [0.05, 0.1) is 23.5 Å². The zero-order valence-electron chi connectivity index (χ0n) is 21.2. The molecule has 0 spiro atoms. The van der Waals surface area contributed by atoms with Gasteiger partial charge >= 0.3 is 6.18 Å². The van der Waals surface area contributed by atoms with E-state index in [2.05, 4.69) is 37.9 Å². The first-order chi connectivity index (χ1) is 18.2. The smallest absolute Gasteiger partial charge is 0.357 e. The van der Waals surface area contributed by atoms with Gasteiger partial charge in [0.1, 0.15) is 0 Å². The third-order valence-electron chi connectivity index (χ3n) is 6.62. The van der Waals surface area contributed by atoms with E-state index in [1.807, 2.05) is 23.3 Å². The number of nitrogens with one attached hydrogen (secondary N) is 1. The maximum atomic E-state index is 13.5. The first-order valence-corrected chi connectivity index (χ1v) is 12.8. The lowest BCUT2D eigenvalue weighted by molar-refractivity contribution is -0.138. The monoisotopic (exact) mass is 541 g/mol. The average Bonchev–Trinajstić information content (AvgIpc) is 3.35. The van der Waals surface area contributed by atoms with Crippen molar-refractivity contribution < 1.29 is 13.2 Å². The first kappa shape index (κ1) is 27.6. The predicted molar refractivity (Wildman–Crippen MR) is 143 cm³/mol. The zero-order valence-corrected chi connectivity index (χ0v) is 22.0. The molecule has 0 saturated carbocycles. The van der Waals surface area contributed by atoms with E-state index in [4.69, 9.17) is 17.5 Å². The molecule has 0 atom stereocenters. The number of imidazole rings is 1. The molecule has 0 bridgehead atoms. The molecule has 1 aromatic heterocycles. The fourth-order valence-electron chi connectivity index (χ4n) is 4.42. The predicted octanol–water partition coefficient (Wildman–Crippen LogP) is 3.90. The number of nitrogens with zero attached hydrogens (tertiary/aromatic N) is 6. The van der Waals surface area contributed by atoms with Gasteiger partial charge in [-0.3, -0.25) is 5.01 Å². The van der Waals surface area contributed by atoms with E-state index in [0.29, 0.717) is 30.2 Å². The van der Waals surface area contributed by atoms with Crippen molar-refractivity contribution in [1.82, 2.24) is 29.8 Å². The number of hydrazine groups is 1. The van der Waals surface area contributed by atoms with Crippen molar-refractivity contribution in [3.05, 3.63) is 89.0 Å². The van der Waals surface area contributed by atoms with E-state index in [0.717, 1.165) is 43.5 Å². The lowest BCUT2D eigenvalue weighted by atomic mass is 10.1. The van der Waals surface area contributed by atoms with Crippen molar-refractivity contribution in [1.29, 1.82) is 5.26 Å². The van der Waals surface area contributed by atoms with Gasteiger partial charge in [-0.25, -0.2) is 9.99 Å². The number of halogens is 3. The molecule has 1 aliphatic heterocycles. The summed E-state index contributed by atoms with van der Waals surface area (Å²) in [7, 11) is 2.06. The van der Waals surface area contributed by atoms with Crippen LogP contribution >= 0.6 is 12.2 Å². The zero-order chi connectivity index (χ0) is 27.1. The maximum Gasteiger partial charge on any atom is 0.416 e. The van der Waals surface area contributed by atoms with Crippen molar-refractivity contribution in [3.8, 4) is 6.07 Å². The highest BCUT2D eigenvalue weighted by molar-refractivity contribution is 7.80. The number of hydrogen-bond acceptors (Lipinski definition) is 5. The molecule has 200 valence electrons. The van der Waals surface area contributed by atoms with Crippen LogP contribution in [-0.2, 0) is 25.7 Å². The molecule has 0 amide bonds. The minimum atomic E-state index is -4.43. The van der Waals surface area contributed by atoms with Crippen LogP contribution in [0.3, 0.4) is 0 Å². The molecule has 2 aromatic carbocycles. The molecule has 38 heavy (non-hydrogen) atoms. The largest absolute Gasteiger partial charge is 0.416 e. The van der Waals surface area contributed by atoms with E-state index in [9.17, 15) is 13.2 Å². The van der Waals surface area contributed by atoms with Crippen LogP contribution in [0.4, 0.5) is 13.2 Å². The number of piperazine rings is 1. The molecule has 0 radical (unpaired) electrons. The Balaban J connectivity index is 1.45. The molecule has 11 heteroatoms. The summed E-state index contributed by atoms with van der Waals surface area (Å²) in [5.74, 6) is 0. The van der Waals surface area contributed by atoms with Gasteiger partial charge < -0.3 is 14.8 Å². The summed E-state index contributed by atoms with van der Waals surface area (Å²) in [4.78, 5) is 6.56. The standard InChI is InChI=1S/C27H30F3N7S/c1-34-12-14-36(15-13-34)37(26(38)33-17-23-4-2-3-5-25(23)27(28,29)30)11-10-24-18-32-20-35(24)19-22-8-6-21(16-31)7-9-22/h2-9,18,20H,10-15,17,19H2,1H3,(H,33,38). The SMILES string of the molecule is CN1CCN(N(CCc2cncn2Cc2ccc(C#N)cc2)C(=S)NCc2ccccc2C(F)(F)F)CC1. The van der Waals surface area contributed by atoms with Crippen molar-refractivity contribution in [2.45, 2.75) is 25.7 Å². The second-order valence-corrected chi connectivity index (χ2v) is 9.65. The molecule has 7 nitrogen and oxygen atoms in total. The Kier molecular flexibility index (Phi) is 8.99. The molecule has 1 fully saturated rings. The van der Waals surface area contributed by atoms with Crippen LogP contribution in [0.1, 0.15) is 27.9 Å². The number of nitriles is 1. The molecular formula is C27H30F3N7S. The molecule has 3 aromatic rings. The van der Waals surface area contributed by atoms with Gasteiger partial charge in [0.25, 0.3) is 0 Å². The Labute approximate surface area is 226 Å². The van der Waals surface area contributed by atoms with Crippen molar-refractivity contribution in [3.63, 3.8) is 0 Å². The summed E-state index contributed by atoms with van der Waals surface area (Å²) >= 11 is 5.71. The van der Waals surface area contributed by atoms with Crippen LogP contribution < -0.4 is 5.32 Å². The molecule has 2 heterocycles. The molecule has 0 unspecified atom stereocenters. The van der Waals surface area contributed by atoms with E-state index in [1.54, 1.807) is 24.5 Å². The first-order valence-electron chi connectivity index (χ1n) is 12.4. The highest BCUT2D eigenvalue weighted by Gasteiger charge is 2.33. The summed E-state index contributed by atoms with van der Waals surface area (Å²) in [5.41, 5.74) is 2.18. The highest BCUT2D eigenvalue weighted by atomic mass is 32.1. The summed E-state index contributed by atoms with van der Waals surface area (Å²) in [6.07, 6.45) is -0.186. The summed E-state index contributed by atoms with van der Waals surface area (Å²) in [6, 6.07) is 15.1. The lowest BCUT2D eigenvalue weighted by Crippen LogP contribution is -2.57. The van der Waals surface area contributed by atoms with Crippen LogP contribution in [0, 0.1) is 11.3 Å². The van der Waals surface area contributed by atoms with Gasteiger partial charge in [0, 0.05) is 64.1 Å². The van der Waals surface area contributed by atoms with Crippen molar-refractivity contribution >= 4 is 17.3 Å². The molecule has 4 rings (SSSR count). The number of likely N-dealkylation sites (N-methyl/N-ethyl adjacent to an activating group) is 1. The third kappa shape index (κ3) is 7.10. The Morgan fingerprint density at radius 3 is 2.50 bits per heavy atom. The molecular weight excluding hydrogens is 511 g/mol. The number of thiocarbonyl (C=S) groups is 1. The molecule has 1 saturated heterocycles. The molecule has 1 N–H and O–H groups in total. The third-order valence-corrected chi connectivity index (χ3v) is 6.98. The maximum absolute atomic E-state index is 13.5. The fraction of sp³-hybridized carbons (Fsp3) is 0.370. The quantitative estimate of drug-likeness (QED) is 0.434. The minimum absolute atomic E-state index is 0.0185. The Hall–Kier alpha value is -3.46. The summed E-state index contributed by atoms with van der Waals surface area (Å²) < 4.78 is 42.4. The van der Waals surface area contributed by atoms with E-state index < -0.39 is 11.7 Å².